The summed E-state index contributed by atoms with van der Waals surface area (Å²) < 4.78 is 25.7. The number of carbonyl (C=O) groups is 1. The molecule has 3 aliphatic carbocycles. The summed E-state index contributed by atoms with van der Waals surface area (Å²) in [5.41, 5.74) is 0.0718. The first-order chi connectivity index (χ1) is 15.3. The van der Waals surface area contributed by atoms with E-state index in [4.69, 9.17) is 18.6 Å². The Kier molecular flexibility index (Phi) is 5.72. The summed E-state index contributed by atoms with van der Waals surface area (Å²) >= 11 is 0. The molecule has 5 aliphatic rings. The highest BCUT2D eigenvalue weighted by molar-refractivity contribution is 6.74. The zero-order valence-corrected chi connectivity index (χ0v) is 23.0. The highest BCUT2D eigenvalue weighted by Crippen LogP contribution is 2.66. The molecule has 5 nitrogen and oxygen atoms in total. The van der Waals surface area contributed by atoms with Gasteiger partial charge in [-0.3, -0.25) is 4.79 Å². The Morgan fingerprint density at radius 1 is 0.970 bits per heavy atom. The lowest BCUT2D eigenvalue weighted by Crippen LogP contribution is -2.57. The number of hydrogen-bond donors (Lipinski definition) is 0. The monoisotopic (exact) mass is 478 g/mol. The van der Waals surface area contributed by atoms with E-state index in [1.165, 1.54) is 0 Å². The van der Waals surface area contributed by atoms with Gasteiger partial charge < -0.3 is 18.6 Å². The Morgan fingerprint density at radius 3 is 2.30 bits per heavy atom. The number of ether oxygens (including phenoxy) is 3. The average molecular weight is 479 g/mol. The van der Waals surface area contributed by atoms with Crippen molar-refractivity contribution >= 4 is 14.3 Å². The van der Waals surface area contributed by atoms with Crippen molar-refractivity contribution in [3.05, 3.63) is 0 Å². The molecule has 1 spiro atoms. The average Bonchev–Trinajstić information content (AvgIpc) is 3.27. The van der Waals surface area contributed by atoms with Gasteiger partial charge in [-0.15, -0.1) is 0 Å². The van der Waals surface area contributed by atoms with Crippen molar-refractivity contribution in [1.82, 2.24) is 0 Å². The van der Waals surface area contributed by atoms with E-state index in [2.05, 4.69) is 47.7 Å². The summed E-state index contributed by atoms with van der Waals surface area (Å²) in [6, 6.07) is 0. The summed E-state index contributed by atoms with van der Waals surface area (Å²) in [6.07, 6.45) is 8.21. The molecule has 33 heavy (non-hydrogen) atoms. The fraction of sp³-hybridized carbons (Fsp3) is 0.963. The summed E-state index contributed by atoms with van der Waals surface area (Å²) in [5, 5.41) is 0.206. The van der Waals surface area contributed by atoms with Crippen molar-refractivity contribution < 1.29 is 23.4 Å². The maximum atomic E-state index is 13.2. The van der Waals surface area contributed by atoms with E-state index in [0.717, 1.165) is 44.9 Å². The van der Waals surface area contributed by atoms with Crippen molar-refractivity contribution in [2.45, 2.75) is 122 Å². The van der Waals surface area contributed by atoms with Crippen LogP contribution in [0.15, 0.2) is 0 Å². The highest BCUT2D eigenvalue weighted by atomic mass is 28.4. The van der Waals surface area contributed by atoms with E-state index in [0.29, 0.717) is 37.4 Å². The van der Waals surface area contributed by atoms with Gasteiger partial charge in [-0.1, -0.05) is 34.6 Å². The molecule has 5 unspecified atom stereocenters. The number of esters is 1. The number of carbonyl (C=O) groups excluding carboxylic acids is 1. The third kappa shape index (κ3) is 3.60. The molecule has 3 saturated carbocycles. The minimum Gasteiger partial charge on any atom is -0.462 e. The third-order valence-corrected chi connectivity index (χ3v) is 15.8. The van der Waals surface area contributed by atoms with Gasteiger partial charge in [-0.25, -0.2) is 0 Å². The fourth-order valence-electron chi connectivity index (χ4n) is 8.12. The van der Waals surface area contributed by atoms with Gasteiger partial charge in [-0.2, -0.15) is 0 Å². The molecule has 0 radical (unpaired) electrons. The van der Waals surface area contributed by atoms with Crippen LogP contribution in [0.5, 0.6) is 0 Å². The molecule has 0 N–H and O–H groups in total. The predicted molar refractivity (Wildman–Crippen MR) is 130 cm³/mol. The molecule has 0 amide bonds. The predicted octanol–water partition coefficient (Wildman–Crippen LogP) is 6.07. The Labute approximate surface area is 201 Å². The topological polar surface area (TPSA) is 54.0 Å². The summed E-state index contributed by atoms with van der Waals surface area (Å²) in [7, 11) is -1.83. The van der Waals surface area contributed by atoms with E-state index >= 15 is 0 Å². The van der Waals surface area contributed by atoms with Crippen LogP contribution in [0.1, 0.15) is 86.0 Å². The molecular weight excluding hydrogens is 432 g/mol. The van der Waals surface area contributed by atoms with Crippen molar-refractivity contribution in [3.63, 3.8) is 0 Å². The second-order valence-corrected chi connectivity index (χ2v) is 18.5. The van der Waals surface area contributed by atoms with Gasteiger partial charge in [-0.05, 0) is 68.0 Å². The molecule has 0 bridgehead atoms. The van der Waals surface area contributed by atoms with Crippen LogP contribution < -0.4 is 0 Å². The first-order valence-electron chi connectivity index (χ1n) is 13.5. The largest absolute Gasteiger partial charge is 0.462 e. The van der Waals surface area contributed by atoms with Gasteiger partial charge in [0.15, 0.2) is 14.1 Å². The molecular formula is C27H46O5Si. The van der Waals surface area contributed by atoms with Crippen LogP contribution in [0.3, 0.4) is 0 Å². The lowest BCUT2D eigenvalue weighted by atomic mass is 9.51. The molecule has 2 aliphatic heterocycles. The van der Waals surface area contributed by atoms with E-state index in [1.807, 2.05) is 0 Å². The summed E-state index contributed by atoms with van der Waals surface area (Å²) in [4.78, 5) is 13.2. The van der Waals surface area contributed by atoms with Crippen LogP contribution in [-0.4, -0.2) is 45.5 Å². The molecule has 0 aromatic rings. The quantitative estimate of drug-likeness (QED) is 0.356. The molecule has 2 heterocycles. The summed E-state index contributed by atoms with van der Waals surface area (Å²) in [6.45, 7) is 17.8. The van der Waals surface area contributed by atoms with Crippen molar-refractivity contribution in [2.24, 2.45) is 28.6 Å². The van der Waals surface area contributed by atoms with Crippen molar-refractivity contribution in [2.75, 3.05) is 13.2 Å². The van der Waals surface area contributed by atoms with E-state index in [1.54, 1.807) is 0 Å². The Balaban J connectivity index is 1.38. The SMILES string of the molecule is CC(C)(C)[Si](C)(C)OC1CC[C@@]2(C)C(CC(=O)OC3C2CC[C@@]2(C)C3CCC23OCCO3)C1. The zero-order valence-electron chi connectivity index (χ0n) is 22.0. The normalized spacial score (nSPS) is 45.2. The fourth-order valence-corrected chi connectivity index (χ4v) is 9.52. The molecule has 0 aromatic carbocycles. The minimum atomic E-state index is -1.83. The van der Waals surface area contributed by atoms with Gasteiger partial charge in [0.1, 0.15) is 6.10 Å². The van der Waals surface area contributed by atoms with E-state index < -0.39 is 14.1 Å². The molecule has 5 rings (SSSR count). The van der Waals surface area contributed by atoms with Crippen LogP contribution in [0, 0.1) is 28.6 Å². The maximum absolute atomic E-state index is 13.2. The van der Waals surface area contributed by atoms with Crippen LogP contribution in [0.25, 0.3) is 0 Å². The van der Waals surface area contributed by atoms with Gasteiger partial charge >= 0.3 is 5.97 Å². The Morgan fingerprint density at radius 2 is 1.64 bits per heavy atom. The first-order valence-corrected chi connectivity index (χ1v) is 16.4. The van der Waals surface area contributed by atoms with Crippen LogP contribution >= 0.6 is 0 Å². The number of hydrogen-bond acceptors (Lipinski definition) is 5. The van der Waals surface area contributed by atoms with Gasteiger partial charge in [0.2, 0.25) is 0 Å². The first kappa shape index (κ1) is 24.3. The lowest BCUT2D eigenvalue weighted by molar-refractivity contribution is -0.249. The Bertz CT molecular complexity index is 784. The van der Waals surface area contributed by atoms with Gasteiger partial charge in [0.05, 0.1) is 13.2 Å². The molecule has 0 aromatic heterocycles. The molecule has 5 fully saturated rings. The molecule has 2 saturated heterocycles. The molecule has 7 atom stereocenters. The van der Waals surface area contributed by atoms with Gasteiger partial charge in [0, 0.05) is 36.2 Å². The minimum absolute atomic E-state index is 0.00344. The van der Waals surface area contributed by atoms with Gasteiger partial charge in [0.25, 0.3) is 0 Å². The van der Waals surface area contributed by atoms with Crippen molar-refractivity contribution in [3.8, 4) is 0 Å². The maximum Gasteiger partial charge on any atom is 0.306 e. The molecule has 188 valence electrons. The van der Waals surface area contributed by atoms with Crippen molar-refractivity contribution in [1.29, 1.82) is 0 Å². The van der Waals surface area contributed by atoms with E-state index in [9.17, 15) is 4.79 Å². The van der Waals surface area contributed by atoms with Crippen LogP contribution in [0.4, 0.5) is 0 Å². The summed E-state index contributed by atoms with van der Waals surface area (Å²) in [5.74, 6) is 0.649. The number of rotatable bonds is 2. The lowest BCUT2D eigenvalue weighted by Gasteiger charge is -2.56. The van der Waals surface area contributed by atoms with E-state index in [-0.39, 0.29) is 34.0 Å². The third-order valence-electron chi connectivity index (χ3n) is 11.3. The smallest absolute Gasteiger partial charge is 0.306 e. The second-order valence-electron chi connectivity index (χ2n) is 13.8. The van der Waals surface area contributed by atoms with Crippen LogP contribution in [-0.2, 0) is 23.4 Å². The zero-order chi connectivity index (χ0) is 23.9. The standard InChI is InChI=1S/C27H46O5Si/c1-24(2,3)33(6,7)32-19-8-11-25(4)18(16-19)17-22(28)31-23-20(25)9-12-26(5)21(23)10-13-27(26)29-14-15-30-27/h18-21,23H,8-17H2,1-7H3/t18?,19?,20?,21?,23?,25-,26-/m0/s1. The second kappa shape index (κ2) is 7.78. The van der Waals surface area contributed by atoms with Crippen LogP contribution in [0.2, 0.25) is 18.1 Å². The molecule has 6 heteroatoms. The number of fused-ring (bicyclic) bond motifs is 6. The Hall–Kier alpha value is -0.433. The highest BCUT2D eigenvalue weighted by Gasteiger charge is 2.68.